The molecule has 0 heterocycles. The summed E-state index contributed by atoms with van der Waals surface area (Å²) in [5.74, 6) is -0.289. The molecule has 2 rings (SSSR count). The summed E-state index contributed by atoms with van der Waals surface area (Å²) in [6, 6.07) is 11.1. The van der Waals surface area contributed by atoms with Crippen molar-refractivity contribution in [2.45, 2.75) is 0 Å². The zero-order chi connectivity index (χ0) is 12.3. The average Bonchev–Trinajstić information content (AvgIpc) is 2.32. The van der Waals surface area contributed by atoms with Gasteiger partial charge in [0.2, 0.25) is 0 Å². The molecule has 0 unspecified atom stereocenters. The molecule has 2 aromatic carbocycles. The summed E-state index contributed by atoms with van der Waals surface area (Å²) in [5.41, 5.74) is 1.07. The topological polar surface area (TPSA) is 73.1 Å². The van der Waals surface area contributed by atoms with Crippen molar-refractivity contribution < 1.29 is 15.3 Å². The van der Waals surface area contributed by atoms with Gasteiger partial charge in [0.15, 0.2) is 11.5 Å². The van der Waals surface area contributed by atoms with Crippen molar-refractivity contribution in [2.24, 2.45) is 4.99 Å². The van der Waals surface area contributed by atoms with E-state index in [0.29, 0.717) is 11.3 Å². The minimum absolute atomic E-state index is 0.0896. The third-order valence-electron chi connectivity index (χ3n) is 2.23. The minimum Gasteiger partial charge on any atom is -0.506 e. The van der Waals surface area contributed by atoms with Gasteiger partial charge in [-0.3, -0.25) is 4.99 Å². The number of benzene rings is 2. The highest BCUT2D eigenvalue weighted by atomic mass is 16.3. The van der Waals surface area contributed by atoms with E-state index < -0.39 is 0 Å². The number of rotatable bonds is 2. The first-order valence-corrected chi connectivity index (χ1v) is 5.01. The predicted octanol–water partition coefficient (Wildman–Crippen LogP) is 2.55. The summed E-state index contributed by atoms with van der Waals surface area (Å²) in [4.78, 5) is 4.08. The second-order valence-electron chi connectivity index (χ2n) is 3.50. The molecule has 0 aliphatic rings. The molecule has 0 amide bonds. The summed E-state index contributed by atoms with van der Waals surface area (Å²) in [6.07, 6.45) is 1.49. The Hall–Kier alpha value is -2.49. The van der Waals surface area contributed by atoms with Gasteiger partial charge in [-0.05, 0) is 35.9 Å². The van der Waals surface area contributed by atoms with Crippen LogP contribution in [0.15, 0.2) is 47.5 Å². The maximum absolute atomic E-state index is 9.48. The highest BCUT2D eigenvalue weighted by Gasteiger charge is 1.99. The molecule has 0 fully saturated rings. The van der Waals surface area contributed by atoms with Crippen molar-refractivity contribution in [3.05, 3.63) is 48.0 Å². The maximum atomic E-state index is 9.48. The monoisotopic (exact) mass is 229 g/mol. The molecule has 0 aliphatic carbocycles. The van der Waals surface area contributed by atoms with E-state index in [0.717, 1.165) is 0 Å². The molecule has 3 N–H and O–H groups in total. The number of phenolic OH excluding ortho intramolecular Hbond substituents is 3. The van der Waals surface area contributed by atoms with Crippen molar-refractivity contribution in [3.8, 4) is 17.2 Å². The van der Waals surface area contributed by atoms with E-state index in [1.54, 1.807) is 30.3 Å². The lowest BCUT2D eigenvalue weighted by Gasteiger charge is -1.99. The van der Waals surface area contributed by atoms with Crippen molar-refractivity contribution in [1.29, 1.82) is 0 Å². The van der Waals surface area contributed by atoms with Gasteiger partial charge in [0.05, 0.1) is 0 Å². The summed E-state index contributed by atoms with van der Waals surface area (Å²) in [5, 5.41) is 27.9. The molecule has 0 aliphatic heterocycles. The molecule has 0 radical (unpaired) electrons. The van der Waals surface area contributed by atoms with Gasteiger partial charge in [-0.1, -0.05) is 12.1 Å². The fourth-order valence-electron chi connectivity index (χ4n) is 1.34. The van der Waals surface area contributed by atoms with E-state index in [2.05, 4.69) is 4.99 Å². The van der Waals surface area contributed by atoms with E-state index in [-0.39, 0.29) is 17.2 Å². The summed E-state index contributed by atoms with van der Waals surface area (Å²) in [7, 11) is 0. The minimum atomic E-state index is -0.203. The molecule has 0 saturated carbocycles. The molecule has 0 spiro atoms. The SMILES string of the molecule is Oc1ccc(/C=N/c2ccccc2O)cc1O. The van der Waals surface area contributed by atoms with Crippen molar-refractivity contribution in [1.82, 2.24) is 0 Å². The van der Waals surface area contributed by atoms with Gasteiger partial charge >= 0.3 is 0 Å². The first-order valence-electron chi connectivity index (χ1n) is 5.01. The maximum Gasteiger partial charge on any atom is 0.158 e. The van der Waals surface area contributed by atoms with Crippen molar-refractivity contribution in [2.75, 3.05) is 0 Å². The molecular weight excluding hydrogens is 218 g/mol. The lowest BCUT2D eigenvalue weighted by Crippen LogP contribution is -1.80. The molecule has 2 aromatic rings. The van der Waals surface area contributed by atoms with E-state index in [9.17, 15) is 10.2 Å². The van der Waals surface area contributed by atoms with Crippen LogP contribution in [0.25, 0.3) is 0 Å². The van der Waals surface area contributed by atoms with E-state index in [1.807, 2.05) is 0 Å². The standard InChI is InChI=1S/C13H11NO3/c15-11-4-2-1-3-10(11)14-8-9-5-6-12(16)13(17)7-9/h1-8,15-17H/b14-8+. The van der Waals surface area contributed by atoms with E-state index in [4.69, 9.17) is 5.11 Å². The average molecular weight is 229 g/mol. The van der Waals surface area contributed by atoms with Crippen LogP contribution in [0.1, 0.15) is 5.56 Å². The molecule has 4 heteroatoms. The predicted molar refractivity (Wildman–Crippen MR) is 65.1 cm³/mol. The second-order valence-corrected chi connectivity index (χ2v) is 3.50. The quantitative estimate of drug-likeness (QED) is 0.547. The fraction of sp³-hybridized carbons (Fsp3) is 0. The lowest BCUT2D eigenvalue weighted by molar-refractivity contribution is 0.403. The van der Waals surface area contributed by atoms with Gasteiger partial charge in [-0.25, -0.2) is 0 Å². The van der Waals surface area contributed by atoms with E-state index >= 15 is 0 Å². The van der Waals surface area contributed by atoms with Gasteiger partial charge in [-0.2, -0.15) is 0 Å². The Morgan fingerprint density at radius 2 is 1.59 bits per heavy atom. The first-order chi connectivity index (χ1) is 8.16. The number of aliphatic imine (C=N–C) groups is 1. The Bertz CT molecular complexity index is 564. The fourth-order valence-corrected chi connectivity index (χ4v) is 1.34. The highest BCUT2D eigenvalue weighted by molar-refractivity contribution is 5.83. The smallest absolute Gasteiger partial charge is 0.158 e. The molecule has 0 bridgehead atoms. The molecule has 0 atom stereocenters. The van der Waals surface area contributed by atoms with Crippen LogP contribution < -0.4 is 0 Å². The summed E-state index contributed by atoms with van der Waals surface area (Å²) >= 11 is 0. The lowest BCUT2D eigenvalue weighted by atomic mass is 10.2. The van der Waals surface area contributed by atoms with Crippen LogP contribution in [0.4, 0.5) is 5.69 Å². The normalized spacial score (nSPS) is 10.8. The summed E-state index contributed by atoms with van der Waals surface area (Å²) in [6.45, 7) is 0. The van der Waals surface area contributed by atoms with Crippen LogP contribution in [0.2, 0.25) is 0 Å². The first kappa shape index (κ1) is 11.0. The molecule has 4 nitrogen and oxygen atoms in total. The molecule has 17 heavy (non-hydrogen) atoms. The Kier molecular flexibility index (Phi) is 2.96. The molecule has 0 aromatic heterocycles. The van der Waals surface area contributed by atoms with Crippen molar-refractivity contribution in [3.63, 3.8) is 0 Å². The van der Waals surface area contributed by atoms with Crippen LogP contribution in [0.3, 0.4) is 0 Å². The van der Waals surface area contributed by atoms with Crippen LogP contribution in [-0.4, -0.2) is 21.5 Å². The van der Waals surface area contributed by atoms with Gasteiger partial charge < -0.3 is 15.3 Å². The van der Waals surface area contributed by atoms with Crippen LogP contribution >= 0.6 is 0 Å². The molecule has 0 saturated heterocycles. The zero-order valence-corrected chi connectivity index (χ0v) is 8.91. The number of hydrogen-bond donors (Lipinski definition) is 3. The number of nitrogens with zero attached hydrogens (tertiary/aromatic N) is 1. The van der Waals surface area contributed by atoms with Gasteiger partial charge in [0.1, 0.15) is 11.4 Å². The van der Waals surface area contributed by atoms with Crippen LogP contribution in [-0.2, 0) is 0 Å². The molecular formula is C13H11NO3. The van der Waals surface area contributed by atoms with Gasteiger partial charge in [-0.15, -0.1) is 0 Å². The Morgan fingerprint density at radius 3 is 2.29 bits per heavy atom. The highest BCUT2D eigenvalue weighted by Crippen LogP contribution is 2.26. The third-order valence-corrected chi connectivity index (χ3v) is 2.23. The summed E-state index contributed by atoms with van der Waals surface area (Å²) < 4.78 is 0. The Morgan fingerprint density at radius 1 is 0.824 bits per heavy atom. The van der Waals surface area contributed by atoms with Crippen LogP contribution in [0, 0.1) is 0 Å². The largest absolute Gasteiger partial charge is 0.506 e. The van der Waals surface area contributed by atoms with Crippen LogP contribution in [0.5, 0.6) is 17.2 Å². The Labute approximate surface area is 98.1 Å². The zero-order valence-electron chi connectivity index (χ0n) is 8.91. The molecule has 86 valence electrons. The van der Waals surface area contributed by atoms with E-state index in [1.165, 1.54) is 18.3 Å². The Balaban J connectivity index is 2.26. The van der Waals surface area contributed by atoms with Gasteiger partial charge in [0, 0.05) is 6.21 Å². The number of aromatic hydroxyl groups is 3. The number of hydrogen-bond acceptors (Lipinski definition) is 4. The third kappa shape index (κ3) is 2.55. The number of para-hydroxylation sites is 2. The van der Waals surface area contributed by atoms with Gasteiger partial charge in [0.25, 0.3) is 0 Å². The second kappa shape index (κ2) is 4.57. The van der Waals surface area contributed by atoms with Crippen molar-refractivity contribution >= 4 is 11.9 Å². The number of phenols is 3.